The van der Waals surface area contributed by atoms with Gasteiger partial charge in [-0.1, -0.05) is 45.4 Å². The molecule has 0 radical (unpaired) electrons. The Morgan fingerprint density at radius 3 is 1.63 bits per heavy atom. The molecule has 0 spiro atoms. The van der Waals surface area contributed by atoms with Crippen LogP contribution in [-0.4, -0.2) is 9.97 Å². The second-order valence-electron chi connectivity index (χ2n) is 6.98. The number of rotatable bonds is 4. The number of aryl methyl sites for hydroxylation is 6. The zero-order chi connectivity index (χ0) is 18.8. The van der Waals surface area contributed by atoms with Crippen LogP contribution >= 0.6 is 0 Å². The standard InChI is InChI=1S/C21H25N5.ClH/c1-12-7-14(3)18(15(4)8-12)24-20-22-11-23-21(26-20)25-19-16(5)9-13(2)10-17(19)6;/h7-11H,1-6H3,(H2,22,23,24,25,26);1H. The number of aromatic nitrogens is 3. The predicted octanol–water partition coefficient (Wildman–Crippen LogP) is 1.63. The fourth-order valence-electron chi connectivity index (χ4n) is 3.43. The quantitative estimate of drug-likeness (QED) is 0.718. The van der Waals surface area contributed by atoms with Crippen molar-refractivity contribution in [3.8, 4) is 0 Å². The van der Waals surface area contributed by atoms with Crippen molar-refractivity contribution >= 4 is 23.3 Å². The summed E-state index contributed by atoms with van der Waals surface area (Å²) in [6, 6.07) is 8.63. The number of halogens is 1. The molecule has 5 nitrogen and oxygen atoms in total. The second-order valence-corrected chi connectivity index (χ2v) is 6.98. The summed E-state index contributed by atoms with van der Waals surface area (Å²) in [6.07, 6.45) is 1.65. The molecule has 3 aromatic rings. The first-order valence-corrected chi connectivity index (χ1v) is 8.78. The highest BCUT2D eigenvalue weighted by Gasteiger charge is 2.14. The highest BCUT2D eigenvalue weighted by Crippen LogP contribution is 2.26. The smallest absolute Gasteiger partial charge is 0.353 e. The van der Waals surface area contributed by atoms with Crippen molar-refractivity contribution in [3.63, 3.8) is 0 Å². The van der Waals surface area contributed by atoms with Crippen LogP contribution in [0.15, 0.2) is 30.6 Å². The highest BCUT2D eigenvalue weighted by atomic mass is 35.5. The van der Waals surface area contributed by atoms with Crippen LogP contribution in [0.2, 0.25) is 0 Å². The molecular weight excluding hydrogens is 358 g/mol. The van der Waals surface area contributed by atoms with Crippen LogP contribution in [0, 0.1) is 41.5 Å². The Morgan fingerprint density at radius 1 is 0.704 bits per heavy atom. The van der Waals surface area contributed by atoms with E-state index < -0.39 is 0 Å². The molecule has 1 aromatic heterocycles. The molecule has 0 unspecified atom stereocenters. The molecule has 0 saturated heterocycles. The molecular formula is C21H26ClN5. The van der Waals surface area contributed by atoms with Crippen LogP contribution in [0.4, 0.5) is 23.3 Å². The molecule has 6 heteroatoms. The predicted molar refractivity (Wildman–Crippen MR) is 106 cm³/mol. The van der Waals surface area contributed by atoms with Gasteiger partial charge in [-0.25, -0.2) is 4.98 Å². The van der Waals surface area contributed by atoms with Crippen LogP contribution in [-0.2, 0) is 0 Å². The number of aromatic amines is 1. The minimum Gasteiger partial charge on any atom is -1.00 e. The van der Waals surface area contributed by atoms with E-state index in [4.69, 9.17) is 0 Å². The molecule has 2 aromatic carbocycles. The maximum Gasteiger partial charge on any atom is 0.353 e. The summed E-state index contributed by atoms with van der Waals surface area (Å²) in [5.41, 5.74) is 9.36. The van der Waals surface area contributed by atoms with Crippen molar-refractivity contribution in [1.82, 2.24) is 9.97 Å². The Morgan fingerprint density at radius 2 is 1.15 bits per heavy atom. The Kier molecular flexibility index (Phi) is 6.39. The summed E-state index contributed by atoms with van der Waals surface area (Å²) >= 11 is 0. The normalized spacial score (nSPS) is 10.3. The van der Waals surface area contributed by atoms with E-state index in [1.165, 1.54) is 33.4 Å². The molecule has 0 aliphatic heterocycles. The summed E-state index contributed by atoms with van der Waals surface area (Å²) in [5, 5.41) is 6.74. The molecule has 0 amide bonds. The average Bonchev–Trinajstić information content (AvgIpc) is 2.55. The Bertz CT molecular complexity index is 848. The lowest BCUT2D eigenvalue weighted by Gasteiger charge is -2.11. The SMILES string of the molecule is Cc1cc(C)c(Nc2nc[nH+]c(Nc3c(C)cc(C)cc3C)n2)c(C)c1.[Cl-]. The molecule has 0 saturated carbocycles. The number of H-pyrrole nitrogens is 1. The number of anilines is 4. The van der Waals surface area contributed by atoms with Gasteiger partial charge in [0.25, 0.3) is 0 Å². The fraction of sp³-hybridized carbons (Fsp3) is 0.286. The first-order valence-electron chi connectivity index (χ1n) is 8.78. The molecule has 3 rings (SSSR count). The third kappa shape index (κ3) is 4.74. The van der Waals surface area contributed by atoms with E-state index in [1.54, 1.807) is 6.33 Å². The van der Waals surface area contributed by atoms with Gasteiger partial charge >= 0.3 is 11.9 Å². The average molecular weight is 384 g/mol. The van der Waals surface area contributed by atoms with E-state index in [9.17, 15) is 0 Å². The van der Waals surface area contributed by atoms with E-state index in [1.807, 2.05) is 0 Å². The second kappa shape index (κ2) is 8.35. The molecule has 142 valence electrons. The first kappa shape index (κ1) is 20.6. The molecule has 0 bridgehead atoms. The van der Waals surface area contributed by atoms with Gasteiger partial charge in [-0.05, 0) is 63.8 Å². The molecule has 1 heterocycles. The van der Waals surface area contributed by atoms with E-state index in [-0.39, 0.29) is 12.4 Å². The van der Waals surface area contributed by atoms with Crippen LogP contribution in [0.3, 0.4) is 0 Å². The topological polar surface area (TPSA) is 64.0 Å². The van der Waals surface area contributed by atoms with Gasteiger partial charge in [-0.15, -0.1) is 0 Å². The maximum absolute atomic E-state index is 4.58. The molecule has 3 N–H and O–H groups in total. The third-order valence-corrected chi connectivity index (χ3v) is 4.44. The van der Waals surface area contributed by atoms with Gasteiger partial charge in [0.1, 0.15) is 0 Å². The minimum absolute atomic E-state index is 0. The van der Waals surface area contributed by atoms with Crippen molar-refractivity contribution in [2.24, 2.45) is 0 Å². The lowest BCUT2D eigenvalue weighted by Crippen LogP contribution is -3.00. The van der Waals surface area contributed by atoms with E-state index in [2.05, 4.69) is 91.4 Å². The van der Waals surface area contributed by atoms with Crippen LogP contribution in [0.1, 0.15) is 33.4 Å². The number of benzene rings is 2. The van der Waals surface area contributed by atoms with E-state index in [0.29, 0.717) is 11.9 Å². The van der Waals surface area contributed by atoms with Gasteiger partial charge < -0.3 is 17.7 Å². The van der Waals surface area contributed by atoms with Crippen LogP contribution < -0.4 is 28.0 Å². The fourth-order valence-corrected chi connectivity index (χ4v) is 3.43. The van der Waals surface area contributed by atoms with Gasteiger partial charge in [0.2, 0.25) is 0 Å². The van der Waals surface area contributed by atoms with Crippen molar-refractivity contribution in [2.75, 3.05) is 10.6 Å². The van der Waals surface area contributed by atoms with Gasteiger partial charge in [0.05, 0.1) is 5.69 Å². The highest BCUT2D eigenvalue weighted by molar-refractivity contribution is 5.65. The summed E-state index contributed by atoms with van der Waals surface area (Å²) in [7, 11) is 0. The Hall–Kier alpha value is -2.66. The number of nitrogens with zero attached hydrogens (tertiary/aromatic N) is 2. The summed E-state index contributed by atoms with van der Waals surface area (Å²) in [6.45, 7) is 12.6. The molecule has 0 aliphatic rings. The molecule has 0 atom stereocenters. The van der Waals surface area contributed by atoms with Crippen molar-refractivity contribution in [2.45, 2.75) is 41.5 Å². The zero-order valence-corrected chi connectivity index (χ0v) is 17.4. The van der Waals surface area contributed by atoms with Gasteiger partial charge in [-0.2, -0.15) is 0 Å². The lowest BCUT2D eigenvalue weighted by molar-refractivity contribution is -0.369. The first-order chi connectivity index (χ1) is 12.3. The van der Waals surface area contributed by atoms with Crippen LogP contribution in [0.5, 0.6) is 0 Å². The van der Waals surface area contributed by atoms with Crippen molar-refractivity contribution < 1.29 is 17.4 Å². The summed E-state index contributed by atoms with van der Waals surface area (Å²) in [5.74, 6) is 1.21. The Balaban J connectivity index is 0.00000261. The maximum atomic E-state index is 4.58. The Labute approximate surface area is 167 Å². The monoisotopic (exact) mass is 383 g/mol. The van der Waals surface area contributed by atoms with Gasteiger partial charge in [0.15, 0.2) is 6.33 Å². The summed E-state index contributed by atoms with van der Waals surface area (Å²) < 4.78 is 0. The summed E-state index contributed by atoms with van der Waals surface area (Å²) in [4.78, 5) is 12.0. The third-order valence-electron chi connectivity index (χ3n) is 4.44. The van der Waals surface area contributed by atoms with E-state index in [0.717, 1.165) is 11.4 Å². The molecule has 27 heavy (non-hydrogen) atoms. The van der Waals surface area contributed by atoms with Crippen molar-refractivity contribution in [3.05, 3.63) is 64.0 Å². The van der Waals surface area contributed by atoms with Crippen molar-refractivity contribution in [1.29, 1.82) is 0 Å². The number of hydrogen-bond donors (Lipinski definition) is 2. The largest absolute Gasteiger partial charge is 1.00 e. The van der Waals surface area contributed by atoms with Gasteiger partial charge in [-0.3, -0.25) is 5.32 Å². The minimum atomic E-state index is 0. The molecule has 0 aliphatic carbocycles. The lowest BCUT2D eigenvalue weighted by atomic mass is 10.1. The molecule has 0 fully saturated rings. The van der Waals surface area contributed by atoms with Crippen LogP contribution in [0.25, 0.3) is 0 Å². The zero-order valence-electron chi connectivity index (χ0n) is 16.7. The number of hydrogen-bond acceptors (Lipinski definition) is 4. The van der Waals surface area contributed by atoms with Gasteiger partial charge in [0, 0.05) is 5.69 Å². The van der Waals surface area contributed by atoms with E-state index >= 15 is 0 Å². The number of nitrogens with one attached hydrogen (secondary N) is 3.